The topological polar surface area (TPSA) is 96.0 Å². The zero-order valence-electron chi connectivity index (χ0n) is 12.2. The quantitative estimate of drug-likeness (QED) is 0.868. The van der Waals surface area contributed by atoms with Crippen molar-refractivity contribution < 1.29 is 22.7 Å². The van der Waals surface area contributed by atoms with Gasteiger partial charge in [-0.1, -0.05) is 6.07 Å². The van der Waals surface area contributed by atoms with Crippen molar-refractivity contribution in [3.63, 3.8) is 0 Å². The van der Waals surface area contributed by atoms with E-state index in [1.807, 2.05) is 0 Å². The van der Waals surface area contributed by atoms with E-state index in [2.05, 4.69) is 25.5 Å². The zero-order chi connectivity index (χ0) is 17.2. The molecular formula is C13H13F3N6O2. The summed E-state index contributed by atoms with van der Waals surface area (Å²) in [7, 11) is 0. The lowest BCUT2D eigenvalue weighted by atomic mass is 10.2. The minimum absolute atomic E-state index is 0.183. The van der Waals surface area contributed by atoms with Crippen LogP contribution in [0.1, 0.15) is 17.6 Å². The number of anilines is 1. The molecule has 1 aliphatic heterocycles. The molecule has 1 saturated heterocycles. The Bertz CT molecular complexity index is 706. The van der Waals surface area contributed by atoms with Crippen molar-refractivity contribution >= 4 is 11.8 Å². The number of alkyl halides is 3. The van der Waals surface area contributed by atoms with Crippen LogP contribution in [0.3, 0.4) is 0 Å². The number of hydrogen-bond acceptors (Lipinski definition) is 5. The van der Waals surface area contributed by atoms with Gasteiger partial charge < -0.3 is 9.64 Å². The summed E-state index contributed by atoms with van der Waals surface area (Å²) in [4.78, 5) is 21.2. The average molecular weight is 342 g/mol. The number of rotatable bonds is 2. The number of pyridine rings is 1. The van der Waals surface area contributed by atoms with Crippen molar-refractivity contribution in [1.29, 1.82) is 0 Å². The molecule has 0 bridgehead atoms. The van der Waals surface area contributed by atoms with Crippen molar-refractivity contribution in [2.45, 2.75) is 12.2 Å². The Hall–Kier alpha value is -2.69. The molecule has 1 atom stereocenters. The predicted molar refractivity (Wildman–Crippen MR) is 74.9 cm³/mol. The molecule has 2 amide bonds. The molecule has 128 valence electrons. The SMILES string of the molecule is O=C(Nc1cccc(C(F)(F)F)n1)N1CCOC[C@@H]1c1ncn[nH]1. The summed E-state index contributed by atoms with van der Waals surface area (Å²) in [5, 5.41) is 8.76. The van der Waals surface area contributed by atoms with Crippen LogP contribution in [0.25, 0.3) is 0 Å². The Morgan fingerprint density at radius 3 is 2.96 bits per heavy atom. The summed E-state index contributed by atoms with van der Waals surface area (Å²) in [6, 6.07) is 2.20. The van der Waals surface area contributed by atoms with Crippen LogP contribution in [0.15, 0.2) is 24.5 Å². The number of aromatic nitrogens is 4. The summed E-state index contributed by atoms with van der Waals surface area (Å²) in [5.41, 5.74) is -1.07. The van der Waals surface area contributed by atoms with Crippen molar-refractivity contribution in [3.05, 3.63) is 36.0 Å². The lowest BCUT2D eigenvalue weighted by molar-refractivity contribution is -0.141. The molecule has 1 aliphatic rings. The number of carbonyl (C=O) groups is 1. The molecule has 8 nitrogen and oxygen atoms in total. The van der Waals surface area contributed by atoms with Crippen molar-refractivity contribution in [2.75, 3.05) is 25.1 Å². The summed E-state index contributed by atoms with van der Waals surface area (Å²) in [5.74, 6) is 0.250. The van der Waals surface area contributed by atoms with E-state index in [1.54, 1.807) is 0 Å². The Labute approximate surface area is 134 Å². The molecule has 2 N–H and O–H groups in total. The van der Waals surface area contributed by atoms with Gasteiger partial charge in [-0.25, -0.2) is 14.8 Å². The number of aromatic amines is 1. The molecule has 3 rings (SSSR count). The van der Waals surface area contributed by atoms with Crippen LogP contribution < -0.4 is 5.32 Å². The fraction of sp³-hybridized carbons (Fsp3) is 0.385. The number of urea groups is 1. The van der Waals surface area contributed by atoms with Gasteiger partial charge in [-0.05, 0) is 12.1 Å². The molecule has 0 saturated carbocycles. The molecule has 11 heteroatoms. The van der Waals surface area contributed by atoms with Crippen LogP contribution in [0.2, 0.25) is 0 Å². The lowest BCUT2D eigenvalue weighted by Crippen LogP contribution is -2.46. The van der Waals surface area contributed by atoms with E-state index in [-0.39, 0.29) is 19.0 Å². The summed E-state index contributed by atoms with van der Waals surface area (Å²) < 4.78 is 43.4. The summed E-state index contributed by atoms with van der Waals surface area (Å²) >= 11 is 0. The molecule has 0 aliphatic carbocycles. The highest BCUT2D eigenvalue weighted by Gasteiger charge is 2.34. The van der Waals surface area contributed by atoms with Gasteiger partial charge in [0.2, 0.25) is 0 Å². The maximum atomic E-state index is 12.7. The molecule has 0 aromatic carbocycles. The van der Waals surface area contributed by atoms with Gasteiger partial charge in [0.05, 0.1) is 13.2 Å². The fourth-order valence-corrected chi connectivity index (χ4v) is 2.29. The number of ether oxygens (including phenoxy) is 1. The number of morpholine rings is 1. The number of nitrogens with one attached hydrogen (secondary N) is 2. The van der Waals surface area contributed by atoms with Crippen molar-refractivity contribution in [3.8, 4) is 0 Å². The molecule has 2 aromatic rings. The Morgan fingerprint density at radius 2 is 2.25 bits per heavy atom. The smallest absolute Gasteiger partial charge is 0.377 e. The predicted octanol–water partition coefficient (Wildman–Crippen LogP) is 1.82. The van der Waals surface area contributed by atoms with Crippen LogP contribution in [-0.2, 0) is 10.9 Å². The van der Waals surface area contributed by atoms with E-state index in [0.717, 1.165) is 6.07 Å². The molecule has 24 heavy (non-hydrogen) atoms. The molecular weight excluding hydrogens is 329 g/mol. The minimum Gasteiger partial charge on any atom is -0.377 e. The highest BCUT2D eigenvalue weighted by atomic mass is 19.4. The van der Waals surface area contributed by atoms with Gasteiger partial charge in [0.25, 0.3) is 0 Å². The van der Waals surface area contributed by atoms with Gasteiger partial charge in [0.15, 0.2) is 0 Å². The minimum atomic E-state index is -4.58. The van der Waals surface area contributed by atoms with Crippen molar-refractivity contribution in [2.24, 2.45) is 0 Å². The number of halogens is 3. The largest absolute Gasteiger partial charge is 0.433 e. The maximum absolute atomic E-state index is 12.7. The van der Waals surface area contributed by atoms with Gasteiger partial charge in [-0.3, -0.25) is 10.4 Å². The van der Waals surface area contributed by atoms with E-state index < -0.39 is 23.9 Å². The summed E-state index contributed by atoms with van der Waals surface area (Å²) in [6.07, 6.45) is -3.28. The van der Waals surface area contributed by atoms with E-state index in [1.165, 1.54) is 23.4 Å². The normalized spacial score (nSPS) is 18.5. The molecule has 0 unspecified atom stereocenters. The zero-order valence-corrected chi connectivity index (χ0v) is 12.2. The number of carbonyl (C=O) groups excluding carboxylic acids is 1. The third kappa shape index (κ3) is 3.45. The molecule has 2 aromatic heterocycles. The first-order valence-corrected chi connectivity index (χ1v) is 7.00. The number of nitrogens with zero attached hydrogens (tertiary/aromatic N) is 4. The van der Waals surface area contributed by atoms with Crippen LogP contribution >= 0.6 is 0 Å². The number of H-pyrrole nitrogens is 1. The van der Waals surface area contributed by atoms with Crippen LogP contribution in [0, 0.1) is 0 Å². The summed E-state index contributed by atoms with van der Waals surface area (Å²) in [6.45, 7) is 0.781. The molecule has 0 radical (unpaired) electrons. The highest BCUT2D eigenvalue weighted by Crippen LogP contribution is 2.28. The van der Waals surface area contributed by atoms with E-state index in [9.17, 15) is 18.0 Å². The average Bonchev–Trinajstić information content (AvgIpc) is 3.08. The fourth-order valence-electron chi connectivity index (χ4n) is 2.29. The van der Waals surface area contributed by atoms with Gasteiger partial charge >= 0.3 is 12.2 Å². The van der Waals surface area contributed by atoms with Gasteiger partial charge in [-0.15, -0.1) is 0 Å². The maximum Gasteiger partial charge on any atom is 0.433 e. The van der Waals surface area contributed by atoms with Gasteiger partial charge in [0.1, 0.15) is 29.7 Å². The molecule has 1 fully saturated rings. The van der Waals surface area contributed by atoms with E-state index in [4.69, 9.17) is 4.74 Å². The van der Waals surface area contributed by atoms with Crippen LogP contribution in [0.5, 0.6) is 0 Å². The third-order valence-corrected chi connectivity index (χ3v) is 3.41. The van der Waals surface area contributed by atoms with Gasteiger partial charge in [0, 0.05) is 6.54 Å². The number of amides is 2. The first kappa shape index (κ1) is 16.2. The van der Waals surface area contributed by atoms with E-state index >= 15 is 0 Å². The monoisotopic (exact) mass is 342 g/mol. The lowest BCUT2D eigenvalue weighted by Gasteiger charge is -2.34. The molecule has 0 spiro atoms. The Morgan fingerprint density at radius 1 is 1.42 bits per heavy atom. The first-order valence-electron chi connectivity index (χ1n) is 7.00. The standard InChI is InChI=1S/C13H13F3N6O2/c14-13(15,16)9-2-1-3-10(19-9)20-12(23)22-4-5-24-6-8(22)11-17-7-18-21-11/h1-3,7-8H,4-6H2,(H,17,18,21)(H,19,20,23)/t8-/m1/s1. The third-order valence-electron chi connectivity index (χ3n) is 3.41. The van der Waals surface area contributed by atoms with E-state index in [0.29, 0.717) is 12.4 Å². The Balaban J connectivity index is 1.76. The second-order valence-electron chi connectivity index (χ2n) is 4.99. The molecule has 3 heterocycles. The van der Waals surface area contributed by atoms with Gasteiger partial charge in [-0.2, -0.15) is 18.3 Å². The van der Waals surface area contributed by atoms with Crippen LogP contribution in [-0.4, -0.2) is 50.9 Å². The second-order valence-corrected chi connectivity index (χ2v) is 4.99. The second kappa shape index (κ2) is 6.43. The Kier molecular flexibility index (Phi) is 4.34. The highest BCUT2D eigenvalue weighted by molar-refractivity contribution is 5.88. The number of hydrogen-bond donors (Lipinski definition) is 2. The van der Waals surface area contributed by atoms with Crippen molar-refractivity contribution in [1.82, 2.24) is 25.1 Å². The first-order chi connectivity index (χ1) is 11.4. The van der Waals surface area contributed by atoms with Crippen LogP contribution in [0.4, 0.5) is 23.8 Å².